The van der Waals surface area contributed by atoms with Gasteiger partial charge in [0.1, 0.15) is 5.52 Å². The highest BCUT2D eigenvalue weighted by Gasteiger charge is 2.40. The van der Waals surface area contributed by atoms with E-state index in [1.165, 1.54) is 5.56 Å². The molecule has 0 spiro atoms. The lowest BCUT2D eigenvalue weighted by Gasteiger charge is -2.07. The van der Waals surface area contributed by atoms with Gasteiger partial charge in [-0.05, 0) is 30.5 Å². The lowest BCUT2D eigenvalue weighted by atomic mass is 10.1. The van der Waals surface area contributed by atoms with E-state index in [0.717, 1.165) is 29.8 Å². The van der Waals surface area contributed by atoms with Crippen LogP contribution in [0, 0.1) is 0 Å². The van der Waals surface area contributed by atoms with E-state index in [2.05, 4.69) is 31.0 Å². The molecule has 1 aromatic heterocycles. The molecule has 1 saturated carbocycles. The van der Waals surface area contributed by atoms with Crippen molar-refractivity contribution < 1.29 is 4.42 Å². The van der Waals surface area contributed by atoms with Crippen LogP contribution in [0.15, 0.2) is 22.6 Å². The molecule has 0 atom stereocenters. The Hall–Kier alpha value is -1.35. The molecule has 0 saturated heterocycles. The van der Waals surface area contributed by atoms with E-state index >= 15 is 0 Å². The summed E-state index contributed by atoms with van der Waals surface area (Å²) in [6.07, 6.45) is 2.15. The zero-order valence-electron chi connectivity index (χ0n) is 9.66. The first-order valence-corrected chi connectivity index (χ1v) is 5.78. The van der Waals surface area contributed by atoms with Gasteiger partial charge in [-0.25, -0.2) is 4.98 Å². The smallest absolute Gasteiger partial charge is 0.198 e. The Morgan fingerprint density at radius 1 is 1.38 bits per heavy atom. The Bertz CT molecular complexity index is 538. The second-order valence-corrected chi connectivity index (χ2v) is 5.05. The third-order valence-corrected chi connectivity index (χ3v) is 3.26. The molecule has 0 bridgehead atoms. The maximum absolute atomic E-state index is 6.17. The molecule has 1 fully saturated rings. The average molecular weight is 216 g/mol. The third-order valence-electron chi connectivity index (χ3n) is 3.26. The maximum atomic E-state index is 6.17. The fourth-order valence-electron chi connectivity index (χ4n) is 1.93. The molecule has 16 heavy (non-hydrogen) atoms. The van der Waals surface area contributed by atoms with Crippen molar-refractivity contribution >= 4 is 11.1 Å². The number of nitrogens with two attached hydrogens (primary N) is 1. The molecule has 0 amide bonds. The zero-order chi connectivity index (χ0) is 11.3. The molecule has 1 aromatic carbocycles. The highest BCUT2D eigenvalue weighted by molar-refractivity contribution is 5.74. The van der Waals surface area contributed by atoms with Gasteiger partial charge in [-0.1, -0.05) is 19.9 Å². The van der Waals surface area contributed by atoms with Crippen LogP contribution in [-0.2, 0) is 5.54 Å². The fraction of sp³-hybridized carbons (Fsp3) is 0.462. The van der Waals surface area contributed by atoms with Crippen LogP contribution in [0.25, 0.3) is 11.1 Å². The predicted molar refractivity (Wildman–Crippen MR) is 63.2 cm³/mol. The predicted octanol–water partition coefficient (Wildman–Crippen LogP) is 2.90. The molecule has 2 N–H and O–H groups in total. The molecule has 3 rings (SSSR count). The van der Waals surface area contributed by atoms with Gasteiger partial charge in [-0.15, -0.1) is 0 Å². The average Bonchev–Trinajstić information content (AvgIpc) is 2.86. The lowest BCUT2D eigenvalue weighted by molar-refractivity contribution is 0.501. The summed E-state index contributed by atoms with van der Waals surface area (Å²) in [6.45, 7) is 4.16. The Kier molecular flexibility index (Phi) is 1.89. The van der Waals surface area contributed by atoms with Crippen molar-refractivity contribution in [3.05, 3.63) is 29.7 Å². The van der Waals surface area contributed by atoms with Crippen LogP contribution in [0.1, 0.15) is 44.1 Å². The van der Waals surface area contributed by atoms with E-state index in [1.54, 1.807) is 0 Å². The highest BCUT2D eigenvalue weighted by atomic mass is 16.3. The van der Waals surface area contributed by atoms with Gasteiger partial charge in [0, 0.05) is 11.5 Å². The second-order valence-electron chi connectivity index (χ2n) is 5.05. The first-order valence-electron chi connectivity index (χ1n) is 5.78. The molecule has 3 nitrogen and oxygen atoms in total. The summed E-state index contributed by atoms with van der Waals surface area (Å²) >= 11 is 0. The first-order chi connectivity index (χ1) is 7.58. The minimum Gasteiger partial charge on any atom is -0.440 e. The van der Waals surface area contributed by atoms with Crippen LogP contribution in [0.2, 0.25) is 0 Å². The Morgan fingerprint density at radius 2 is 2.12 bits per heavy atom. The molecule has 0 unspecified atom stereocenters. The molecule has 84 valence electrons. The topological polar surface area (TPSA) is 52.0 Å². The van der Waals surface area contributed by atoms with Crippen molar-refractivity contribution in [3.8, 4) is 0 Å². The van der Waals surface area contributed by atoms with Gasteiger partial charge in [0.05, 0.1) is 0 Å². The summed E-state index contributed by atoms with van der Waals surface area (Å²) in [7, 11) is 0. The summed E-state index contributed by atoms with van der Waals surface area (Å²) in [5.74, 6) is 1.12. The maximum Gasteiger partial charge on any atom is 0.198 e. The molecule has 0 radical (unpaired) electrons. The number of hydrogen-bond donors (Lipinski definition) is 1. The SMILES string of the molecule is CC(C)c1nc2cc(C3(N)CC3)ccc2o1. The van der Waals surface area contributed by atoms with Crippen LogP contribution in [0.4, 0.5) is 0 Å². The number of benzene rings is 1. The van der Waals surface area contributed by atoms with Crippen molar-refractivity contribution in [3.63, 3.8) is 0 Å². The molecule has 1 heterocycles. The van der Waals surface area contributed by atoms with Crippen LogP contribution >= 0.6 is 0 Å². The summed E-state index contributed by atoms with van der Waals surface area (Å²) in [6, 6.07) is 6.11. The van der Waals surface area contributed by atoms with Crippen molar-refractivity contribution in [2.45, 2.75) is 38.1 Å². The Balaban J connectivity index is 2.10. The Labute approximate surface area is 94.7 Å². The highest BCUT2D eigenvalue weighted by Crippen LogP contribution is 2.43. The van der Waals surface area contributed by atoms with Crippen molar-refractivity contribution in [2.75, 3.05) is 0 Å². The molecule has 2 aromatic rings. The largest absolute Gasteiger partial charge is 0.440 e. The third kappa shape index (κ3) is 1.43. The lowest BCUT2D eigenvalue weighted by Crippen LogP contribution is -2.18. The molecule has 3 heteroatoms. The first kappa shape index (κ1) is 9.85. The minimum atomic E-state index is -0.0921. The van der Waals surface area contributed by atoms with Crippen LogP contribution < -0.4 is 5.73 Å². The van der Waals surface area contributed by atoms with Gasteiger partial charge >= 0.3 is 0 Å². The summed E-state index contributed by atoms with van der Waals surface area (Å²) in [5, 5.41) is 0. The quantitative estimate of drug-likeness (QED) is 0.839. The van der Waals surface area contributed by atoms with Crippen molar-refractivity contribution in [1.29, 1.82) is 0 Å². The molecular weight excluding hydrogens is 200 g/mol. The fourth-order valence-corrected chi connectivity index (χ4v) is 1.93. The second kappa shape index (κ2) is 3.08. The van der Waals surface area contributed by atoms with Gasteiger partial charge in [0.15, 0.2) is 11.5 Å². The zero-order valence-corrected chi connectivity index (χ0v) is 9.66. The number of hydrogen-bond acceptors (Lipinski definition) is 3. The minimum absolute atomic E-state index is 0.0921. The summed E-state index contributed by atoms with van der Waals surface area (Å²) in [4.78, 5) is 4.49. The summed E-state index contributed by atoms with van der Waals surface area (Å²) < 4.78 is 5.67. The van der Waals surface area contributed by atoms with Gasteiger partial charge in [0.2, 0.25) is 0 Å². The van der Waals surface area contributed by atoms with Crippen molar-refractivity contribution in [1.82, 2.24) is 4.98 Å². The van der Waals surface area contributed by atoms with Gasteiger partial charge in [-0.3, -0.25) is 0 Å². The molecule has 1 aliphatic rings. The van der Waals surface area contributed by atoms with E-state index in [4.69, 9.17) is 10.2 Å². The number of fused-ring (bicyclic) bond motifs is 1. The molecule has 1 aliphatic carbocycles. The number of oxazole rings is 1. The van der Waals surface area contributed by atoms with Crippen LogP contribution in [0.3, 0.4) is 0 Å². The summed E-state index contributed by atoms with van der Waals surface area (Å²) in [5.41, 5.74) is 9.05. The van der Waals surface area contributed by atoms with Crippen molar-refractivity contribution in [2.24, 2.45) is 5.73 Å². The molecule has 0 aliphatic heterocycles. The van der Waals surface area contributed by atoms with E-state index in [1.807, 2.05) is 6.07 Å². The van der Waals surface area contributed by atoms with E-state index in [9.17, 15) is 0 Å². The van der Waals surface area contributed by atoms with E-state index < -0.39 is 0 Å². The normalized spacial score (nSPS) is 18.2. The number of aromatic nitrogens is 1. The van der Waals surface area contributed by atoms with Crippen LogP contribution in [-0.4, -0.2) is 4.98 Å². The van der Waals surface area contributed by atoms with Crippen LogP contribution in [0.5, 0.6) is 0 Å². The standard InChI is InChI=1S/C13H16N2O/c1-8(2)12-15-10-7-9(13(14)5-6-13)3-4-11(10)16-12/h3-4,7-8H,5-6,14H2,1-2H3. The molecular formula is C13H16N2O. The Morgan fingerprint density at radius 3 is 2.75 bits per heavy atom. The van der Waals surface area contributed by atoms with Gasteiger partial charge in [-0.2, -0.15) is 0 Å². The number of rotatable bonds is 2. The monoisotopic (exact) mass is 216 g/mol. The van der Waals surface area contributed by atoms with E-state index in [0.29, 0.717) is 5.92 Å². The van der Waals surface area contributed by atoms with Gasteiger partial charge < -0.3 is 10.2 Å². The number of nitrogens with zero attached hydrogens (tertiary/aromatic N) is 1. The van der Waals surface area contributed by atoms with Gasteiger partial charge in [0.25, 0.3) is 0 Å². The van der Waals surface area contributed by atoms with E-state index in [-0.39, 0.29) is 5.54 Å².